The molecule has 3 nitrogen and oxygen atoms in total. The number of carbonyl (C=O) groups is 1. The number of fused-ring (bicyclic) bond motifs is 1. The van der Waals surface area contributed by atoms with Gasteiger partial charge in [-0.1, -0.05) is 23.2 Å². The summed E-state index contributed by atoms with van der Waals surface area (Å²) in [6.07, 6.45) is 0. The van der Waals surface area contributed by atoms with Gasteiger partial charge >= 0.3 is 5.97 Å². The molecule has 0 fully saturated rings. The summed E-state index contributed by atoms with van der Waals surface area (Å²) in [7, 11) is 0. The quantitative estimate of drug-likeness (QED) is 0.467. The molecule has 0 saturated carbocycles. The molecular formula is C13H9Cl3FNO2. The van der Waals surface area contributed by atoms with Gasteiger partial charge in [-0.15, -0.1) is 11.6 Å². The predicted octanol–water partition coefficient (Wildman–Crippen LogP) is 4.60. The van der Waals surface area contributed by atoms with Crippen LogP contribution in [-0.4, -0.2) is 17.6 Å². The third-order valence-corrected chi connectivity index (χ3v) is 3.53. The van der Waals surface area contributed by atoms with Gasteiger partial charge in [0, 0.05) is 11.3 Å². The maximum Gasteiger partial charge on any atom is 0.341 e. The zero-order valence-electron chi connectivity index (χ0n) is 10.3. The Morgan fingerprint density at radius 2 is 2.10 bits per heavy atom. The first-order valence-corrected chi connectivity index (χ1v) is 6.98. The van der Waals surface area contributed by atoms with Crippen LogP contribution in [0.5, 0.6) is 0 Å². The van der Waals surface area contributed by atoms with E-state index in [-0.39, 0.29) is 28.2 Å². The molecule has 1 heterocycles. The lowest BCUT2D eigenvalue weighted by molar-refractivity contribution is 0.0525. The number of rotatable bonds is 3. The summed E-state index contributed by atoms with van der Waals surface area (Å²) in [5, 5.41) is 0.258. The molecule has 0 unspecified atom stereocenters. The molecule has 7 heteroatoms. The number of benzene rings is 1. The van der Waals surface area contributed by atoms with Crippen LogP contribution in [0.15, 0.2) is 12.1 Å². The van der Waals surface area contributed by atoms with Crippen molar-refractivity contribution in [3.8, 4) is 0 Å². The predicted molar refractivity (Wildman–Crippen MR) is 77.2 cm³/mol. The van der Waals surface area contributed by atoms with Gasteiger partial charge in [0.25, 0.3) is 0 Å². The van der Waals surface area contributed by atoms with Gasteiger partial charge in [-0.25, -0.2) is 14.2 Å². The zero-order valence-corrected chi connectivity index (χ0v) is 12.6. The average Bonchev–Trinajstić information content (AvgIpc) is 2.39. The van der Waals surface area contributed by atoms with Gasteiger partial charge in [0.1, 0.15) is 16.5 Å². The number of aromatic nitrogens is 1. The second-order valence-corrected chi connectivity index (χ2v) is 4.93. The van der Waals surface area contributed by atoms with E-state index in [1.807, 2.05) is 0 Å². The van der Waals surface area contributed by atoms with E-state index in [1.54, 1.807) is 6.92 Å². The molecule has 0 atom stereocenters. The van der Waals surface area contributed by atoms with Crippen molar-refractivity contribution in [2.45, 2.75) is 12.8 Å². The molecule has 1 aromatic carbocycles. The van der Waals surface area contributed by atoms with E-state index >= 15 is 0 Å². The highest BCUT2D eigenvalue weighted by Gasteiger charge is 2.21. The molecule has 2 aromatic rings. The van der Waals surface area contributed by atoms with E-state index in [4.69, 9.17) is 39.5 Å². The standard InChI is InChI=1S/C13H9Cl3FNO2/c1-2-20-13(19)11-7(5-14)6-3-9(17)8(15)4-10(6)18-12(11)16/h3-4H,2,5H2,1H3. The van der Waals surface area contributed by atoms with Crippen molar-refractivity contribution in [1.82, 2.24) is 4.98 Å². The third kappa shape index (κ3) is 2.68. The first-order chi connectivity index (χ1) is 9.49. The van der Waals surface area contributed by atoms with E-state index in [0.29, 0.717) is 16.5 Å². The Hall–Kier alpha value is -1.10. The van der Waals surface area contributed by atoms with E-state index in [2.05, 4.69) is 4.98 Å². The maximum absolute atomic E-state index is 13.6. The Balaban J connectivity index is 2.79. The molecule has 0 aliphatic heterocycles. The molecule has 2 rings (SSSR count). The van der Waals surface area contributed by atoms with Gasteiger partial charge in [0.15, 0.2) is 0 Å². The molecule has 20 heavy (non-hydrogen) atoms. The van der Waals surface area contributed by atoms with Crippen LogP contribution >= 0.6 is 34.8 Å². The lowest BCUT2D eigenvalue weighted by Gasteiger charge is -2.12. The van der Waals surface area contributed by atoms with Crippen LogP contribution in [0.2, 0.25) is 10.2 Å². The second-order valence-electron chi connectivity index (χ2n) is 3.89. The highest BCUT2D eigenvalue weighted by Crippen LogP contribution is 2.31. The van der Waals surface area contributed by atoms with Crippen LogP contribution in [0.25, 0.3) is 10.9 Å². The summed E-state index contributed by atoms with van der Waals surface area (Å²) in [5.41, 5.74) is 0.790. The van der Waals surface area contributed by atoms with Crippen molar-refractivity contribution in [3.63, 3.8) is 0 Å². The Morgan fingerprint density at radius 1 is 1.40 bits per heavy atom. The Labute approximate surface area is 129 Å². The number of carbonyl (C=O) groups excluding carboxylic acids is 1. The number of halogens is 4. The lowest BCUT2D eigenvalue weighted by Crippen LogP contribution is -2.10. The lowest BCUT2D eigenvalue weighted by atomic mass is 10.0. The third-order valence-electron chi connectivity index (χ3n) is 2.70. The zero-order chi connectivity index (χ0) is 14.9. The molecule has 0 bridgehead atoms. The second kappa shape index (κ2) is 6.12. The summed E-state index contributed by atoms with van der Waals surface area (Å²) in [6.45, 7) is 1.85. The topological polar surface area (TPSA) is 39.2 Å². The van der Waals surface area contributed by atoms with Crippen LogP contribution < -0.4 is 0 Å². The monoisotopic (exact) mass is 335 g/mol. The van der Waals surface area contributed by atoms with Crippen molar-refractivity contribution in [2.24, 2.45) is 0 Å². The first-order valence-electron chi connectivity index (χ1n) is 5.69. The summed E-state index contributed by atoms with van der Waals surface area (Å²) in [4.78, 5) is 16.0. The van der Waals surface area contributed by atoms with E-state index < -0.39 is 11.8 Å². The maximum atomic E-state index is 13.6. The fourth-order valence-electron chi connectivity index (χ4n) is 1.84. The van der Waals surface area contributed by atoms with E-state index in [9.17, 15) is 9.18 Å². The van der Waals surface area contributed by atoms with Crippen LogP contribution in [0.1, 0.15) is 22.8 Å². The van der Waals surface area contributed by atoms with Crippen LogP contribution in [0.3, 0.4) is 0 Å². The molecule has 0 radical (unpaired) electrons. The average molecular weight is 337 g/mol. The van der Waals surface area contributed by atoms with Gasteiger partial charge in [-0.05, 0) is 24.6 Å². The summed E-state index contributed by atoms with van der Waals surface area (Å²) < 4.78 is 18.5. The fraction of sp³-hybridized carbons (Fsp3) is 0.231. The fourth-order valence-corrected chi connectivity index (χ4v) is 2.56. The van der Waals surface area contributed by atoms with Crippen molar-refractivity contribution < 1.29 is 13.9 Å². The largest absolute Gasteiger partial charge is 0.462 e. The number of nitrogens with zero attached hydrogens (tertiary/aromatic N) is 1. The van der Waals surface area contributed by atoms with E-state index in [0.717, 1.165) is 0 Å². The number of esters is 1. The molecule has 106 valence electrons. The Bertz CT molecular complexity index is 691. The minimum Gasteiger partial charge on any atom is -0.462 e. The Morgan fingerprint density at radius 3 is 2.70 bits per heavy atom. The molecule has 0 saturated heterocycles. The van der Waals surface area contributed by atoms with Crippen molar-refractivity contribution >= 4 is 51.7 Å². The molecule has 0 amide bonds. The van der Waals surface area contributed by atoms with Gasteiger partial charge < -0.3 is 4.74 Å². The number of pyridine rings is 1. The number of hydrogen-bond donors (Lipinski definition) is 0. The molecule has 0 aliphatic carbocycles. The molecular weight excluding hydrogens is 328 g/mol. The highest BCUT2D eigenvalue weighted by atomic mass is 35.5. The van der Waals surface area contributed by atoms with Gasteiger partial charge in [-0.2, -0.15) is 0 Å². The molecule has 0 aliphatic rings. The summed E-state index contributed by atoms with van der Waals surface area (Å²) in [6, 6.07) is 2.52. The van der Waals surface area contributed by atoms with Crippen LogP contribution in [-0.2, 0) is 10.6 Å². The highest BCUT2D eigenvalue weighted by molar-refractivity contribution is 6.34. The smallest absolute Gasteiger partial charge is 0.341 e. The first kappa shape index (κ1) is 15.3. The molecule has 0 N–H and O–H groups in total. The van der Waals surface area contributed by atoms with Gasteiger partial charge in [0.2, 0.25) is 0 Å². The normalized spacial score (nSPS) is 10.8. The Kier molecular flexibility index (Phi) is 4.68. The van der Waals surface area contributed by atoms with Crippen LogP contribution in [0.4, 0.5) is 4.39 Å². The minimum atomic E-state index is -0.641. The van der Waals surface area contributed by atoms with Crippen molar-refractivity contribution in [1.29, 1.82) is 0 Å². The summed E-state index contributed by atoms with van der Waals surface area (Å²) in [5.74, 6) is -1.30. The number of hydrogen-bond acceptors (Lipinski definition) is 3. The molecule has 0 spiro atoms. The van der Waals surface area contributed by atoms with Crippen molar-refractivity contribution in [3.05, 3.63) is 39.3 Å². The van der Waals surface area contributed by atoms with Crippen molar-refractivity contribution in [2.75, 3.05) is 6.61 Å². The minimum absolute atomic E-state index is 0.0338. The van der Waals surface area contributed by atoms with Gasteiger partial charge in [0.05, 0.1) is 17.1 Å². The number of alkyl halides is 1. The SMILES string of the molecule is CCOC(=O)c1c(Cl)nc2cc(Cl)c(F)cc2c1CCl. The summed E-state index contributed by atoms with van der Waals surface area (Å²) >= 11 is 17.6. The number of ether oxygens (including phenoxy) is 1. The van der Waals surface area contributed by atoms with E-state index in [1.165, 1.54) is 12.1 Å². The van der Waals surface area contributed by atoms with Crippen LogP contribution in [0, 0.1) is 5.82 Å². The molecule has 1 aromatic heterocycles. The van der Waals surface area contributed by atoms with Gasteiger partial charge in [-0.3, -0.25) is 0 Å².